The van der Waals surface area contributed by atoms with Crippen molar-refractivity contribution in [2.24, 2.45) is 0 Å². The Morgan fingerprint density at radius 2 is 2.13 bits per heavy atom. The van der Waals surface area contributed by atoms with Crippen molar-refractivity contribution in [3.8, 4) is 11.9 Å². The van der Waals surface area contributed by atoms with E-state index in [1.807, 2.05) is 24.3 Å². The second kappa shape index (κ2) is 6.54. The fourth-order valence-corrected chi connectivity index (χ4v) is 2.11. The smallest absolute Gasteiger partial charge is 0.251 e. The minimum atomic E-state index is -0.223. The first-order valence-corrected chi connectivity index (χ1v) is 6.99. The third-order valence-electron chi connectivity index (χ3n) is 3.26. The summed E-state index contributed by atoms with van der Waals surface area (Å²) in [5.74, 6) is 0.466. The second-order valence-corrected chi connectivity index (χ2v) is 4.85. The molecule has 0 aliphatic heterocycles. The fourth-order valence-electron chi connectivity index (χ4n) is 2.11. The van der Waals surface area contributed by atoms with Crippen molar-refractivity contribution >= 4 is 5.91 Å². The first kappa shape index (κ1) is 14.5. The van der Waals surface area contributed by atoms with E-state index in [1.54, 1.807) is 47.5 Å². The molecule has 3 rings (SSSR count). The SMILES string of the molecule is N#Cc1cccc(C(=O)NCc2ccnc(-n3cccn3)c2)c1. The first-order valence-electron chi connectivity index (χ1n) is 6.99. The lowest BCUT2D eigenvalue weighted by Gasteiger charge is -2.07. The molecule has 1 N–H and O–H groups in total. The number of amides is 1. The van der Waals surface area contributed by atoms with Gasteiger partial charge in [-0.3, -0.25) is 4.79 Å². The van der Waals surface area contributed by atoms with E-state index in [1.165, 1.54) is 0 Å². The van der Waals surface area contributed by atoms with Crippen molar-refractivity contribution in [2.75, 3.05) is 0 Å². The van der Waals surface area contributed by atoms with Crippen LogP contribution in [0, 0.1) is 11.3 Å². The molecule has 0 radical (unpaired) electrons. The van der Waals surface area contributed by atoms with Crippen LogP contribution in [0.25, 0.3) is 5.82 Å². The van der Waals surface area contributed by atoms with Crippen molar-refractivity contribution in [3.63, 3.8) is 0 Å². The largest absolute Gasteiger partial charge is 0.348 e. The van der Waals surface area contributed by atoms with Gasteiger partial charge in [-0.25, -0.2) is 9.67 Å². The summed E-state index contributed by atoms with van der Waals surface area (Å²) in [6, 6.07) is 14.1. The first-order chi connectivity index (χ1) is 11.3. The van der Waals surface area contributed by atoms with Gasteiger partial charge in [0.2, 0.25) is 0 Å². The molecule has 6 heteroatoms. The molecule has 23 heavy (non-hydrogen) atoms. The highest BCUT2D eigenvalue weighted by Crippen LogP contribution is 2.08. The molecule has 6 nitrogen and oxygen atoms in total. The molecule has 1 aromatic carbocycles. The number of aromatic nitrogens is 3. The van der Waals surface area contributed by atoms with Crippen LogP contribution in [0.5, 0.6) is 0 Å². The van der Waals surface area contributed by atoms with Crippen molar-refractivity contribution in [1.82, 2.24) is 20.1 Å². The molecular weight excluding hydrogens is 290 g/mol. The maximum absolute atomic E-state index is 12.1. The number of benzene rings is 1. The van der Waals surface area contributed by atoms with Gasteiger partial charge in [-0.2, -0.15) is 10.4 Å². The number of pyridine rings is 1. The monoisotopic (exact) mass is 303 g/mol. The summed E-state index contributed by atoms with van der Waals surface area (Å²) >= 11 is 0. The molecule has 0 bridgehead atoms. The van der Waals surface area contributed by atoms with Crippen molar-refractivity contribution in [2.45, 2.75) is 6.54 Å². The number of nitrogens with one attached hydrogen (secondary N) is 1. The highest BCUT2D eigenvalue weighted by molar-refractivity contribution is 5.94. The van der Waals surface area contributed by atoms with Crippen molar-refractivity contribution in [3.05, 3.63) is 77.7 Å². The lowest BCUT2D eigenvalue weighted by atomic mass is 10.1. The number of carbonyl (C=O) groups excluding carboxylic acids is 1. The van der Waals surface area contributed by atoms with Crippen molar-refractivity contribution in [1.29, 1.82) is 5.26 Å². The molecule has 0 fully saturated rings. The molecule has 0 aliphatic rings. The zero-order valence-electron chi connectivity index (χ0n) is 12.2. The Morgan fingerprint density at radius 3 is 2.91 bits per heavy atom. The van der Waals surface area contributed by atoms with Gasteiger partial charge in [-0.05, 0) is 42.0 Å². The minimum Gasteiger partial charge on any atom is -0.348 e. The molecule has 0 saturated carbocycles. The predicted octanol–water partition coefficient (Wildman–Crippen LogP) is 2.07. The Bertz CT molecular complexity index is 865. The lowest BCUT2D eigenvalue weighted by molar-refractivity contribution is 0.0951. The minimum absolute atomic E-state index is 0.223. The predicted molar refractivity (Wildman–Crippen MR) is 83.7 cm³/mol. The Hall–Kier alpha value is -3.46. The summed E-state index contributed by atoms with van der Waals surface area (Å²) in [5, 5.41) is 15.8. The summed E-state index contributed by atoms with van der Waals surface area (Å²) in [5.41, 5.74) is 1.84. The van der Waals surface area contributed by atoms with E-state index < -0.39 is 0 Å². The van der Waals surface area contributed by atoms with E-state index >= 15 is 0 Å². The van der Waals surface area contributed by atoms with E-state index in [9.17, 15) is 4.79 Å². The summed E-state index contributed by atoms with van der Waals surface area (Å²) < 4.78 is 1.65. The average Bonchev–Trinajstić information content (AvgIpc) is 3.14. The van der Waals surface area contributed by atoms with Gasteiger partial charge in [0.05, 0.1) is 11.6 Å². The number of hydrogen-bond donors (Lipinski definition) is 1. The molecule has 3 aromatic rings. The van der Waals surface area contributed by atoms with Crippen LogP contribution in [0.3, 0.4) is 0 Å². The number of hydrogen-bond acceptors (Lipinski definition) is 4. The third-order valence-corrected chi connectivity index (χ3v) is 3.26. The van der Waals surface area contributed by atoms with Gasteiger partial charge in [-0.15, -0.1) is 0 Å². The number of nitriles is 1. The molecule has 0 saturated heterocycles. The van der Waals surface area contributed by atoms with Crippen LogP contribution in [-0.2, 0) is 6.54 Å². The number of nitrogens with zero attached hydrogens (tertiary/aromatic N) is 4. The standard InChI is InChI=1S/C17H13N5O/c18-11-13-3-1-4-15(9-13)17(23)20-12-14-5-7-19-16(10-14)22-8-2-6-21-22/h1-10H,12H2,(H,20,23). The summed E-state index contributed by atoms with van der Waals surface area (Å²) in [6.07, 6.45) is 5.16. The van der Waals surface area contributed by atoms with Gasteiger partial charge in [0.1, 0.15) is 0 Å². The summed E-state index contributed by atoms with van der Waals surface area (Å²) in [4.78, 5) is 16.4. The lowest BCUT2D eigenvalue weighted by Crippen LogP contribution is -2.23. The third kappa shape index (κ3) is 3.41. The van der Waals surface area contributed by atoms with E-state index in [2.05, 4.69) is 15.4 Å². The fraction of sp³-hybridized carbons (Fsp3) is 0.0588. The highest BCUT2D eigenvalue weighted by Gasteiger charge is 2.07. The Labute approximate surface area is 133 Å². The van der Waals surface area contributed by atoms with Crippen LogP contribution in [-0.4, -0.2) is 20.7 Å². The molecule has 0 aliphatic carbocycles. The van der Waals surface area contributed by atoms with Crippen LogP contribution in [0.4, 0.5) is 0 Å². The van der Waals surface area contributed by atoms with E-state index in [-0.39, 0.29) is 5.91 Å². The molecule has 2 heterocycles. The van der Waals surface area contributed by atoms with Crippen LogP contribution < -0.4 is 5.32 Å². The molecule has 0 unspecified atom stereocenters. The van der Waals surface area contributed by atoms with Gasteiger partial charge in [0.15, 0.2) is 5.82 Å². The average molecular weight is 303 g/mol. The molecule has 112 valence electrons. The number of rotatable bonds is 4. The van der Waals surface area contributed by atoms with Gasteiger partial charge in [0.25, 0.3) is 5.91 Å². The topological polar surface area (TPSA) is 83.6 Å². The molecule has 0 spiro atoms. The van der Waals surface area contributed by atoms with Gasteiger partial charge >= 0.3 is 0 Å². The van der Waals surface area contributed by atoms with Gasteiger partial charge < -0.3 is 5.32 Å². The van der Waals surface area contributed by atoms with E-state index in [0.717, 1.165) is 5.56 Å². The van der Waals surface area contributed by atoms with E-state index in [4.69, 9.17) is 5.26 Å². The Kier molecular flexibility index (Phi) is 4.11. The summed E-state index contributed by atoms with van der Waals surface area (Å²) in [7, 11) is 0. The zero-order valence-corrected chi connectivity index (χ0v) is 12.2. The quantitative estimate of drug-likeness (QED) is 0.799. The second-order valence-electron chi connectivity index (χ2n) is 4.85. The number of carbonyl (C=O) groups is 1. The van der Waals surface area contributed by atoms with Crippen LogP contribution in [0.1, 0.15) is 21.5 Å². The van der Waals surface area contributed by atoms with Crippen molar-refractivity contribution < 1.29 is 4.79 Å². The molecule has 2 aromatic heterocycles. The maximum Gasteiger partial charge on any atom is 0.251 e. The molecular formula is C17H13N5O. The van der Waals surface area contributed by atoms with Crippen LogP contribution in [0.15, 0.2) is 61.1 Å². The van der Waals surface area contributed by atoms with E-state index in [0.29, 0.717) is 23.5 Å². The maximum atomic E-state index is 12.1. The van der Waals surface area contributed by atoms with Gasteiger partial charge in [0, 0.05) is 30.7 Å². The normalized spacial score (nSPS) is 10.0. The highest BCUT2D eigenvalue weighted by atomic mass is 16.1. The molecule has 0 atom stereocenters. The zero-order chi connectivity index (χ0) is 16.1. The van der Waals surface area contributed by atoms with Crippen LogP contribution in [0.2, 0.25) is 0 Å². The summed E-state index contributed by atoms with van der Waals surface area (Å²) in [6.45, 7) is 0.367. The Balaban J connectivity index is 1.70. The molecule has 1 amide bonds. The Morgan fingerprint density at radius 1 is 1.22 bits per heavy atom. The van der Waals surface area contributed by atoms with Gasteiger partial charge in [-0.1, -0.05) is 6.07 Å². The van der Waals surface area contributed by atoms with Crippen LogP contribution >= 0.6 is 0 Å².